The summed E-state index contributed by atoms with van der Waals surface area (Å²) in [6.07, 6.45) is 0.546. The van der Waals surface area contributed by atoms with Crippen LogP contribution in [0.5, 0.6) is 0 Å². The van der Waals surface area contributed by atoms with E-state index in [1.165, 1.54) is 0 Å². The lowest BCUT2D eigenvalue weighted by Crippen LogP contribution is -1.98. The molecule has 0 spiro atoms. The topological polar surface area (TPSA) is 53.1 Å². The number of carbonyl (C=O) groups is 1. The number of nitrogens with one attached hydrogen (secondary N) is 1. The molecule has 112 valence electrons. The second-order valence-corrected chi connectivity index (χ2v) is 6.42. The lowest BCUT2D eigenvalue weighted by atomic mass is 10.0. The lowest BCUT2D eigenvalue weighted by Gasteiger charge is -2.04. The van der Waals surface area contributed by atoms with Gasteiger partial charge in [0, 0.05) is 32.5 Å². The SMILES string of the molecule is O=C(O)CCc1c(-c2ccc(Br)cc2)[nH]c2ccc(Cl)cc12. The number of benzene rings is 2. The van der Waals surface area contributed by atoms with Crippen LogP contribution in [-0.4, -0.2) is 16.1 Å². The first kappa shape index (κ1) is 15.1. The van der Waals surface area contributed by atoms with Crippen LogP contribution >= 0.6 is 27.5 Å². The highest BCUT2D eigenvalue weighted by Crippen LogP contribution is 2.33. The van der Waals surface area contributed by atoms with E-state index in [4.69, 9.17) is 16.7 Å². The van der Waals surface area contributed by atoms with Crippen molar-refractivity contribution in [1.82, 2.24) is 4.98 Å². The summed E-state index contributed by atoms with van der Waals surface area (Å²) in [5.74, 6) is -0.807. The monoisotopic (exact) mass is 377 g/mol. The van der Waals surface area contributed by atoms with Crippen molar-refractivity contribution < 1.29 is 9.90 Å². The molecule has 0 atom stereocenters. The standard InChI is InChI=1S/C17H13BrClNO2/c18-11-3-1-10(2-4-11)17-13(6-8-16(21)22)14-9-12(19)5-7-15(14)20-17/h1-5,7,9,20H,6,8H2,(H,21,22). The van der Waals surface area contributed by atoms with Crippen LogP contribution < -0.4 is 0 Å². The van der Waals surface area contributed by atoms with Crippen molar-refractivity contribution in [3.63, 3.8) is 0 Å². The van der Waals surface area contributed by atoms with Crippen LogP contribution in [0.4, 0.5) is 0 Å². The van der Waals surface area contributed by atoms with Gasteiger partial charge in [-0.3, -0.25) is 4.79 Å². The van der Waals surface area contributed by atoms with E-state index in [1.807, 2.05) is 42.5 Å². The summed E-state index contributed by atoms with van der Waals surface area (Å²) in [7, 11) is 0. The van der Waals surface area contributed by atoms with E-state index in [2.05, 4.69) is 20.9 Å². The minimum Gasteiger partial charge on any atom is -0.481 e. The summed E-state index contributed by atoms with van der Waals surface area (Å²) < 4.78 is 1.00. The molecule has 22 heavy (non-hydrogen) atoms. The zero-order valence-electron chi connectivity index (χ0n) is 11.6. The van der Waals surface area contributed by atoms with Gasteiger partial charge in [-0.1, -0.05) is 39.7 Å². The molecule has 0 amide bonds. The Kier molecular flexibility index (Phi) is 4.23. The average molecular weight is 379 g/mol. The van der Waals surface area contributed by atoms with Crippen molar-refractivity contribution >= 4 is 44.4 Å². The Morgan fingerprint density at radius 3 is 2.59 bits per heavy atom. The average Bonchev–Trinajstić information content (AvgIpc) is 2.83. The van der Waals surface area contributed by atoms with Crippen molar-refractivity contribution in [3.8, 4) is 11.3 Å². The molecule has 0 fully saturated rings. The van der Waals surface area contributed by atoms with E-state index >= 15 is 0 Å². The Balaban J connectivity index is 2.16. The van der Waals surface area contributed by atoms with Gasteiger partial charge < -0.3 is 10.1 Å². The second-order valence-electron chi connectivity index (χ2n) is 5.07. The predicted octanol–water partition coefficient (Wildman–Crippen LogP) is 5.27. The summed E-state index contributed by atoms with van der Waals surface area (Å²) >= 11 is 9.52. The van der Waals surface area contributed by atoms with Gasteiger partial charge in [0.15, 0.2) is 0 Å². The zero-order chi connectivity index (χ0) is 15.7. The highest BCUT2D eigenvalue weighted by Gasteiger charge is 2.14. The molecule has 2 aromatic carbocycles. The Morgan fingerprint density at radius 2 is 1.91 bits per heavy atom. The maximum Gasteiger partial charge on any atom is 0.303 e. The van der Waals surface area contributed by atoms with Gasteiger partial charge in [-0.05, 0) is 47.9 Å². The molecule has 3 nitrogen and oxygen atoms in total. The molecule has 2 N–H and O–H groups in total. The summed E-state index contributed by atoms with van der Waals surface area (Å²) in [5, 5.41) is 10.6. The van der Waals surface area contributed by atoms with Crippen LogP contribution in [-0.2, 0) is 11.2 Å². The molecule has 0 unspecified atom stereocenters. The maximum absolute atomic E-state index is 10.9. The Bertz CT molecular complexity index is 840. The first-order chi connectivity index (χ1) is 10.5. The van der Waals surface area contributed by atoms with Gasteiger partial charge in [0.05, 0.1) is 0 Å². The molecular formula is C17H13BrClNO2. The van der Waals surface area contributed by atoms with Crippen molar-refractivity contribution in [3.05, 3.63) is 57.5 Å². The number of H-pyrrole nitrogens is 1. The maximum atomic E-state index is 10.9. The molecule has 0 aliphatic heterocycles. The molecule has 0 saturated heterocycles. The third kappa shape index (κ3) is 3.03. The number of hydrogen-bond acceptors (Lipinski definition) is 1. The second kappa shape index (κ2) is 6.15. The molecule has 0 saturated carbocycles. The first-order valence-electron chi connectivity index (χ1n) is 6.82. The largest absolute Gasteiger partial charge is 0.481 e. The fourth-order valence-electron chi connectivity index (χ4n) is 2.57. The van der Waals surface area contributed by atoms with Crippen LogP contribution in [0, 0.1) is 0 Å². The molecule has 5 heteroatoms. The minimum atomic E-state index is -0.807. The Morgan fingerprint density at radius 1 is 1.18 bits per heavy atom. The van der Waals surface area contributed by atoms with Gasteiger partial charge in [0.1, 0.15) is 0 Å². The molecule has 1 aromatic heterocycles. The summed E-state index contributed by atoms with van der Waals surface area (Å²) in [6.45, 7) is 0. The van der Waals surface area contributed by atoms with Crippen LogP contribution in [0.25, 0.3) is 22.2 Å². The first-order valence-corrected chi connectivity index (χ1v) is 7.99. The van der Waals surface area contributed by atoms with Crippen molar-refractivity contribution in [2.45, 2.75) is 12.8 Å². The van der Waals surface area contributed by atoms with Crippen LogP contribution in [0.3, 0.4) is 0 Å². The van der Waals surface area contributed by atoms with E-state index < -0.39 is 5.97 Å². The van der Waals surface area contributed by atoms with Gasteiger partial charge >= 0.3 is 5.97 Å². The third-order valence-electron chi connectivity index (χ3n) is 3.59. The summed E-state index contributed by atoms with van der Waals surface area (Å²) in [6, 6.07) is 13.6. The fraction of sp³-hybridized carbons (Fsp3) is 0.118. The Hall–Kier alpha value is -1.78. The molecule has 3 aromatic rings. The number of hydrogen-bond donors (Lipinski definition) is 2. The summed E-state index contributed by atoms with van der Waals surface area (Å²) in [5.41, 5.74) is 3.92. The zero-order valence-corrected chi connectivity index (χ0v) is 13.9. The van der Waals surface area contributed by atoms with Crippen molar-refractivity contribution in [1.29, 1.82) is 0 Å². The number of carboxylic acids is 1. The number of carboxylic acid groups (broad SMARTS) is 1. The number of halogens is 2. The van der Waals surface area contributed by atoms with Gasteiger partial charge in [-0.2, -0.15) is 0 Å². The quantitative estimate of drug-likeness (QED) is 0.650. The molecule has 0 radical (unpaired) electrons. The summed E-state index contributed by atoms with van der Waals surface area (Å²) in [4.78, 5) is 14.3. The predicted molar refractivity (Wildman–Crippen MR) is 92.4 cm³/mol. The molecular weight excluding hydrogens is 366 g/mol. The van der Waals surface area contributed by atoms with Crippen molar-refractivity contribution in [2.75, 3.05) is 0 Å². The molecule has 1 heterocycles. The third-order valence-corrected chi connectivity index (χ3v) is 4.35. The van der Waals surface area contributed by atoms with Crippen LogP contribution in [0.1, 0.15) is 12.0 Å². The minimum absolute atomic E-state index is 0.0863. The molecule has 3 rings (SSSR count). The highest BCUT2D eigenvalue weighted by molar-refractivity contribution is 9.10. The number of rotatable bonds is 4. The van der Waals surface area contributed by atoms with E-state index in [9.17, 15) is 4.79 Å². The number of aryl methyl sites for hydroxylation is 1. The van der Waals surface area contributed by atoms with Gasteiger partial charge in [-0.25, -0.2) is 0 Å². The number of aliphatic carboxylic acids is 1. The fourth-order valence-corrected chi connectivity index (χ4v) is 3.01. The van der Waals surface area contributed by atoms with E-state index in [0.29, 0.717) is 11.4 Å². The van der Waals surface area contributed by atoms with Crippen molar-refractivity contribution in [2.24, 2.45) is 0 Å². The van der Waals surface area contributed by atoms with E-state index in [-0.39, 0.29) is 6.42 Å². The van der Waals surface area contributed by atoms with Gasteiger partial charge in [0.25, 0.3) is 0 Å². The molecule has 0 aliphatic carbocycles. The molecule has 0 bridgehead atoms. The number of aromatic nitrogens is 1. The van der Waals surface area contributed by atoms with E-state index in [0.717, 1.165) is 32.2 Å². The smallest absolute Gasteiger partial charge is 0.303 e. The number of aromatic amines is 1. The molecule has 0 aliphatic rings. The highest BCUT2D eigenvalue weighted by atomic mass is 79.9. The number of fused-ring (bicyclic) bond motifs is 1. The van der Waals surface area contributed by atoms with Crippen LogP contribution in [0.2, 0.25) is 5.02 Å². The van der Waals surface area contributed by atoms with Crippen LogP contribution in [0.15, 0.2) is 46.9 Å². The van der Waals surface area contributed by atoms with Gasteiger partial charge in [-0.15, -0.1) is 0 Å². The van der Waals surface area contributed by atoms with Gasteiger partial charge in [0.2, 0.25) is 0 Å². The van der Waals surface area contributed by atoms with E-state index in [1.54, 1.807) is 0 Å². The lowest BCUT2D eigenvalue weighted by molar-refractivity contribution is -0.136. The Labute approximate surface area is 141 Å². The normalized spacial score (nSPS) is 11.0.